The van der Waals surface area contributed by atoms with E-state index in [0.717, 1.165) is 31.7 Å². The van der Waals surface area contributed by atoms with Gasteiger partial charge in [0.2, 0.25) is 0 Å². The maximum atomic E-state index is 13.2. The third-order valence-corrected chi connectivity index (χ3v) is 4.35. The summed E-state index contributed by atoms with van der Waals surface area (Å²) in [5, 5.41) is 0. The molecule has 0 unspecified atom stereocenters. The Morgan fingerprint density at radius 1 is 1.26 bits per heavy atom. The quantitative estimate of drug-likeness (QED) is 0.752. The minimum atomic E-state index is -0.494. The molecule has 0 heterocycles. The largest absolute Gasteiger partial charge is 0.483 e. The van der Waals surface area contributed by atoms with Crippen molar-refractivity contribution < 1.29 is 18.7 Å². The van der Waals surface area contributed by atoms with E-state index in [1.54, 1.807) is 0 Å². The first-order valence-corrected chi connectivity index (χ1v) is 8.25. The van der Waals surface area contributed by atoms with Gasteiger partial charge in [-0.1, -0.05) is 19.3 Å². The summed E-state index contributed by atoms with van der Waals surface area (Å²) in [6, 6.07) is 4.05. The van der Waals surface area contributed by atoms with Crippen LogP contribution in [0, 0.1) is 5.82 Å². The number of hydrogen-bond acceptors (Lipinski definition) is 3. The fraction of sp³-hybridized carbons (Fsp3) is 0.556. The Hall–Kier alpha value is -1.91. The molecule has 0 spiro atoms. The Bertz CT molecular complexity index is 567. The monoisotopic (exact) mass is 321 g/mol. The number of carbonyl (C=O) groups excluding carboxylic acids is 2. The van der Waals surface area contributed by atoms with E-state index < -0.39 is 5.82 Å². The van der Waals surface area contributed by atoms with Crippen LogP contribution in [0.25, 0.3) is 0 Å². The lowest BCUT2D eigenvalue weighted by molar-refractivity contribution is -0.136. The van der Waals surface area contributed by atoms with Crippen LogP contribution in [0.1, 0.15) is 56.3 Å². The van der Waals surface area contributed by atoms with Gasteiger partial charge in [-0.15, -0.1) is 0 Å². The van der Waals surface area contributed by atoms with Gasteiger partial charge in [0.25, 0.3) is 5.91 Å². The second-order valence-corrected chi connectivity index (χ2v) is 5.96. The SMILES string of the molecule is CCN(C(=O)COc1ccc(F)cc1C(C)=O)C1CCCCC1. The van der Waals surface area contributed by atoms with E-state index in [2.05, 4.69) is 0 Å². The van der Waals surface area contributed by atoms with E-state index in [1.807, 2.05) is 11.8 Å². The van der Waals surface area contributed by atoms with Crippen molar-refractivity contribution in [3.8, 4) is 5.75 Å². The van der Waals surface area contributed by atoms with Gasteiger partial charge in [-0.3, -0.25) is 9.59 Å². The third kappa shape index (κ3) is 4.53. The van der Waals surface area contributed by atoms with Crippen molar-refractivity contribution >= 4 is 11.7 Å². The summed E-state index contributed by atoms with van der Waals surface area (Å²) >= 11 is 0. The molecule has 0 saturated heterocycles. The highest BCUT2D eigenvalue weighted by atomic mass is 19.1. The zero-order chi connectivity index (χ0) is 16.8. The van der Waals surface area contributed by atoms with Gasteiger partial charge >= 0.3 is 0 Å². The number of carbonyl (C=O) groups is 2. The molecule has 126 valence electrons. The Morgan fingerprint density at radius 3 is 2.57 bits per heavy atom. The molecule has 2 rings (SSSR count). The summed E-state index contributed by atoms with van der Waals surface area (Å²) in [7, 11) is 0. The first-order chi connectivity index (χ1) is 11.0. The number of Topliss-reactive ketones (excluding diaryl/α,β-unsaturated/α-hetero) is 1. The highest BCUT2D eigenvalue weighted by molar-refractivity contribution is 5.96. The smallest absolute Gasteiger partial charge is 0.260 e. The average molecular weight is 321 g/mol. The lowest BCUT2D eigenvalue weighted by Crippen LogP contribution is -2.43. The molecule has 1 amide bonds. The van der Waals surface area contributed by atoms with Crippen molar-refractivity contribution in [1.82, 2.24) is 4.90 Å². The fourth-order valence-electron chi connectivity index (χ4n) is 3.16. The molecule has 0 N–H and O–H groups in total. The number of ether oxygens (including phenoxy) is 1. The van der Waals surface area contributed by atoms with Crippen molar-refractivity contribution in [2.24, 2.45) is 0 Å². The predicted octanol–water partition coefficient (Wildman–Crippen LogP) is 3.59. The molecule has 4 nitrogen and oxygen atoms in total. The zero-order valence-electron chi connectivity index (χ0n) is 13.8. The first kappa shape index (κ1) is 17.4. The minimum absolute atomic E-state index is 0.0850. The minimum Gasteiger partial charge on any atom is -0.483 e. The molecule has 1 aliphatic rings. The number of ketones is 1. The molecule has 0 aromatic heterocycles. The number of hydrogen-bond donors (Lipinski definition) is 0. The van der Waals surface area contributed by atoms with Crippen LogP contribution in [-0.2, 0) is 4.79 Å². The van der Waals surface area contributed by atoms with Gasteiger partial charge in [-0.2, -0.15) is 0 Å². The molecule has 1 aromatic carbocycles. The van der Waals surface area contributed by atoms with Crippen LogP contribution < -0.4 is 4.74 Å². The van der Waals surface area contributed by atoms with Crippen molar-refractivity contribution in [1.29, 1.82) is 0 Å². The van der Waals surface area contributed by atoms with Gasteiger partial charge in [0, 0.05) is 12.6 Å². The summed E-state index contributed by atoms with van der Waals surface area (Å²) in [4.78, 5) is 25.9. The van der Waals surface area contributed by atoms with E-state index in [1.165, 1.54) is 25.5 Å². The van der Waals surface area contributed by atoms with Gasteiger partial charge in [-0.05, 0) is 44.9 Å². The molecule has 0 bridgehead atoms. The van der Waals surface area contributed by atoms with Crippen molar-refractivity contribution in [2.45, 2.75) is 52.0 Å². The standard InChI is InChI=1S/C18H24FNO3/c1-3-20(15-7-5-4-6-8-15)18(22)12-23-17-10-9-14(19)11-16(17)13(2)21/h9-11,15H,3-8,12H2,1-2H3. The zero-order valence-corrected chi connectivity index (χ0v) is 13.8. The molecule has 0 atom stereocenters. The van der Waals surface area contributed by atoms with Gasteiger partial charge in [0.15, 0.2) is 12.4 Å². The predicted molar refractivity (Wildman–Crippen MR) is 86.2 cm³/mol. The van der Waals surface area contributed by atoms with E-state index in [0.29, 0.717) is 6.54 Å². The topological polar surface area (TPSA) is 46.6 Å². The Labute approximate surface area is 136 Å². The van der Waals surface area contributed by atoms with Gasteiger partial charge in [-0.25, -0.2) is 4.39 Å². The molecule has 1 saturated carbocycles. The summed E-state index contributed by atoms with van der Waals surface area (Å²) in [5.41, 5.74) is 0.165. The number of amides is 1. The second-order valence-electron chi connectivity index (χ2n) is 5.96. The highest BCUT2D eigenvalue weighted by Crippen LogP contribution is 2.24. The average Bonchev–Trinajstić information content (AvgIpc) is 2.55. The summed E-state index contributed by atoms with van der Waals surface area (Å²) in [6.07, 6.45) is 5.61. The molecule has 1 fully saturated rings. The lowest BCUT2D eigenvalue weighted by Gasteiger charge is -2.33. The van der Waals surface area contributed by atoms with E-state index in [-0.39, 0.29) is 35.7 Å². The summed E-state index contributed by atoms with van der Waals surface area (Å²) in [5.74, 6) is -0.608. The maximum Gasteiger partial charge on any atom is 0.260 e. The number of halogens is 1. The van der Waals surface area contributed by atoms with E-state index in [4.69, 9.17) is 4.74 Å². The first-order valence-electron chi connectivity index (χ1n) is 8.25. The molecule has 1 aliphatic carbocycles. The number of nitrogens with zero attached hydrogens (tertiary/aromatic N) is 1. The van der Waals surface area contributed by atoms with Gasteiger partial charge in [0.05, 0.1) is 5.56 Å². The Balaban J connectivity index is 2.01. The normalized spacial score (nSPS) is 15.3. The third-order valence-electron chi connectivity index (χ3n) is 4.35. The Morgan fingerprint density at radius 2 is 1.96 bits per heavy atom. The second kappa shape index (κ2) is 8.09. The number of benzene rings is 1. The summed E-state index contributed by atoms with van der Waals surface area (Å²) in [6.45, 7) is 3.83. The van der Waals surface area contributed by atoms with Crippen LogP contribution in [0.15, 0.2) is 18.2 Å². The Kier molecular flexibility index (Phi) is 6.13. The van der Waals surface area contributed by atoms with E-state index in [9.17, 15) is 14.0 Å². The van der Waals surface area contributed by atoms with Crippen molar-refractivity contribution in [2.75, 3.05) is 13.2 Å². The highest BCUT2D eigenvalue weighted by Gasteiger charge is 2.24. The molecular weight excluding hydrogens is 297 g/mol. The van der Waals surface area contributed by atoms with Gasteiger partial charge in [0.1, 0.15) is 11.6 Å². The molecular formula is C18H24FNO3. The number of likely N-dealkylation sites (N-methyl/N-ethyl adjacent to an activating group) is 1. The van der Waals surface area contributed by atoms with E-state index >= 15 is 0 Å². The molecule has 5 heteroatoms. The molecule has 0 aliphatic heterocycles. The summed E-state index contributed by atoms with van der Waals surface area (Å²) < 4.78 is 18.8. The van der Waals surface area contributed by atoms with Crippen LogP contribution in [0.3, 0.4) is 0 Å². The molecule has 1 aromatic rings. The van der Waals surface area contributed by atoms with Crippen LogP contribution in [0.4, 0.5) is 4.39 Å². The van der Waals surface area contributed by atoms with Crippen LogP contribution in [0.5, 0.6) is 5.75 Å². The van der Waals surface area contributed by atoms with Crippen LogP contribution in [0.2, 0.25) is 0 Å². The van der Waals surface area contributed by atoms with Gasteiger partial charge < -0.3 is 9.64 Å². The number of rotatable bonds is 6. The van der Waals surface area contributed by atoms with Crippen molar-refractivity contribution in [3.63, 3.8) is 0 Å². The molecule has 23 heavy (non-hydrogen) atoms. The fourth-order valence-corrected chi connectivity index (χ4v) is 3.16. The van der Waals surface area contributed by atoms with Crippen LogP contribution >= 0.6 is 0 Å². The maximum absolute atomic E-state index is 13.2. The molecule has 0 radical (unpaired) electrons. The van der Waals surface area contributed by atoms with Crippen LogP contribution in [-0.4, -0.2) is 35.8 Å². The lowest BCUT2D eigenvalue weighted by atomic mass is 9.94. The van der Waals surface area contributed by atoms with Crippen molar-refractivity contribution in [3.05, 3.63) is 29.6 Å².